The number of aryl methyl sites for hydroxylation is 1. The molecule has 2 aromatic heterocycles. The molecule has 2 N–H and O–H groups in total. The van der Waals surface area contributed by atoms with E-state index in [2.05, 4.69) is 26.7 Å². The SMILES string of the molecule is CCCc1ccc2[nH]c(=O)n3nc(OC(=O)O)nc3c2c1. The Hall–Kier alpha value is -2.90. The summed E-state index contributed by atoms with van der Waals surface area (Å²) in [6.45, 7) is 2.07. The molecular formula is C13H12N4O4. The first-order chi connectivity index (χ1) is 10.1. The summed E-state index contributed by atoms with van der Waals surface area (Å²) >= 11 is 0. The second-order valence-corrected chi connectivity index (χ2v) is 4.56. The van der Waals surface area contributed by atoms with Crippen LogP contribution in [0.15, 0.2) is 23.0 Å². The summed E-state index contributed by atoms with van der Waals surface area (Å²) in [4.78, 5) is 29.1. The molecule has 0 radical (unpaired) electrons. The maximum Gasteiger partial charge on any atom is 0.513 e. The average Bonchev–Trinajstić information content (AvgIpc) is 2.83. The smallest absolute Gasteiger partial charge is 0.449 e. The molecule has 0 bridgehead atoms. The van der Waals surface area contributed by atoms with Crippen LogP contribution in [-0.2, 0) is 6.42 Å². The number of benzene rings is 1. The molecular weight excluding hydrogens is 276 g/mol. The number of carboxylic acid groups (broad SMARTS) is 1. The summed E-state index contributed by atoms with van der Waals surface area (Å²) in [6, 6.07) is 5.27. The fraction of sp³-hybridized carbons (Fsp3) is 0.231. The predicted molar refractivity (Wildman–Crippen MR) is 73.8 cm³/mol. The first-order valence-electron chi connectivity index (χ1n) is 6.41. The number of ether oxygens (including phenoxy) is 1. The standard InChI is InChI=1S/C13H12N4O4/c1-2-3-7-4-5-9-8(6-7)10-15-11(21-13(19)20)16-17(10)12(18)14-9/h4-6H,2-3H2,1H3,(H,14,18)(H,19,20). The molecule has 0 saturated carbocycles. The van der Waals surface area contributed by atoms with Crippen LogP contribution >= 0.6 is 0 Å². The van der Waals surface area contributed by atoms with Crippen molar-refractivity contribution < 1.29 is 14.6 Å². The van der Waals surface area contributed by atoms with E-state index in [-0.39, 0.29) is 11.7 Å². The van der Waals surface area contributed by atoms with Gasteiger partial charge in [-0.15, -0.1) is 5.10 Å². The van der Waals surface area contributed by atoms with Gasteiger partial charge in [0.25, 0.3) is 0 Å². The van der Waals surface area contributed by atoms with Crippen molar-refractivity contribution in [3.05, 3.63) is 34.2 Å². The Balaban J connectivity index is 2.28. The third kappa shape index (κ3) is 2.31. The Bertz CT molecular complexity index is 896. The van der Waals surface area contributed by atoms with E-state index in [0.29, 0.717) is 10.9 Å². The number of H-pyrrole nitrogens is 1. The molecule has 8 heteroatoms. The van der Waals surface area contributed by atoms with Gasteiger partial charge in [0.2, 0.25) is 0 Å². The maximum atomic E-state index is 11.9. The van der Waals surface area contributed by atoms with Crippen molar-refractivity contribution in [2.24, 2.45) is 0 Å². The Morgan fingerprint density at radius 3 is 3.00 bits per heavy atom. The lowest BCUT2D eigenvalue weighted by Crippen LogP contribution is -2.17. The number of hydrogen-bond acceptors (Lipinski definition) is 5. The fourth-order valence-corrected chi connectivity index (χ4v) is 2.23. The molecule has 0 aliphatic carbocycles. The first kappa shape index (κ1) is 13.1. The number of aromatic nitrogens is 4. The molecule has 1 aromatic carbocycles. The Labute approximate surface area is 118 Å². The number of aromatic amines is 1. The van der Waals surface area contributed by atoms with Gasteiger partial charge >= 0.3 is 17.9 Å². The van der Waals surface area contributed by atoms with Crippen LogP contribution in [0.3, 0.4) is 0 Å². The highest BCUT2D eigenvalue weighted by Crippen LogP contribution is 2.19. The van der Waals surface area contributed by atoms with Crippen molar-refractivity contribution in [1.82, 2.24) is 19.6 Å². The largest absolute Gasteiger partial charge is 0.513 e. The van der Waals surface area contributed by atoms with Crippen LogP contribution in [0.2, 0.25) is 0 Å². The Morgan fingerprint density at radius 1 is 1.48 bits per heavy atom. The van der Waals surface area contributed by atoms with Crippen molar-refractivity contribution in [2.75, 3.05) is 0 Å². The number of rotatable bonds is 3. The van der Waals surface area contributed by atoms with Gasteiger partial charge < -0.3 is 14.8 Å². The first-order valence-corrected chi connectivity index (χ1v) is 6.41. The number of carbonyl (C=O) groups is 1. The molecule has 0 aliphatic rings. The zero-order chi connectivity index (χ0) is 15.0. The van der Waals surface area contributed by atoms with Crippen LogP contribution < -0.4 is 10.4 Å². The quantitative estimate of drug-likeness (QED) is 0.708. The van der Waals surface area contributed by atoms with E-state index in [4.69, 9.17) is 5.11 Å². The highest BCUT2D eigenvalue weighted by Gasteiger charge is 2.14. The van der Waals surface area contributed by atoms with Gasteiger partial charge in [-0.2, -0.15) is 9.50 Å². The van der Waals surface area contributed by atoms with Gasteiger partial charge in [0, 0.05) is 5.39 Å². The van der Waals surface area contributed by atoms with E-state index in [1.165, 1.54) is 0 Å². The van der Waals surface area contributed by atoms with Crippen LogP contribution in [0.5, 0.6) is 6.01 Å². The minimum Gasteiger partial charge on any atom is -0.449 e. The number of fused-ring (bicyclic) bond motifs is 3. The van der Waals surface area contributed by atoms with Crippen molar-refractivity contribution in [3.8, 4) is 6.01 Å². The van der Waals surface area contributed by atoms with Gasteiger partial charge in [-0.3, -0.25) is 0 Å². The molecule has 0 aliphatic heterocycles. The van der Waals surface area contributed by atoms with E-state index in [9.17, 15) is 9.59 Å². The van der Waals surface area contributed by atoms with Gasteiger partial charge in [-0.1, -0.05) is 19.4 Å². The molecule has 3 aromatic rings. The minimum atomic E-state index is -1.53. The second-order valence-electron chi connectivity index (χ2n) is 4.56. The van der Waals surface area contributed by atoms with Crippen molar-refractivity contribution in [2.45, 2.75) is 19.8 Å². The highest BCUT2D eigenvalue weighted by atomic mass is 16.7. The van der Waals surface area contributed by atoms with Gasteiger partial charge in [-0.05, 0) is 24.1 Å². The fourth-order valence-electron chi connectivity index (χ4n) is 2.23. The zero-order valence-corrected chi connectivity index (χ0v) is 11.2. The molecule has 0 saturated heterocycles. The molecule has 0 amide bonds. The summed E-state index contributed by atoms with van der Waals surface area (Å²) in [5.41, 5.74) is 1.47. The monoisotopic (exact) mass is 288 g/mol. The number of nitrogens with one attached hydrogen (secondary N) is 1. The lowest BCUT2D eigenvalue weighted by molar-refractivity contribution is 0.140. The van der Waals surface area contributed by atoms with Crippen molar-refractivity contribution in [3.63, 3.8) is 0 Å². The van der Waals surface area contributed by atoms with Crippen molar-refractivity contribution >= 4 is 22.7 Å². The van der Waals surface area contributed by atoms with Gasteiger partial charge in [0.1, 0.15) is 0 Å². The molecule has 108 valence electrons. The molecule has 3 rings (SSSR count). The van der Waals surface area contributed by atoms with Crippen LogP contribution in [0.4, 0.5) is 4.79 Å². The Morgan fingerprint density at radius 2 is 2.29 bits per heavy atom. The van der Waals surface area contributed by atoms with E-state index in [1.807, 2.05) is 12.1 Å². The van der Waals surface area contributed by atoms with Gasteiger partial charge in [-0.25, -0.2) is 9.59 Å². The molecule has 0 unspecified atom stereocenters. The van der Waals surface area contributed by atoms with Gasteiger partial charge in [0.15, 0.2) is 5.65 Å². The molecule has 0 atom stereocenters. The van der Waals surface area contributed by atoms with E-state index in [0.717, 1.165) is 22.9 Å². The van der Waals surface area contributed by atoms with Gasteiger partial charge in [0.05, 0.1) is 5.52 Å². The van der Waals surface area contributed by atoms with Crippen LogP contribution in [0.25, 0.3) is 16.6 Å². The average molecular weight is 288 g/mol. The molecule has 21 heavy (non-hydrogen) atoms. The number of nitrogens with zero attached hydrogens (tertiary/aromatic N) is 3. The minimum absolute atomic E-state index is 0.267. The molecule has 8 nitrogen and oxygen atoms in total. The summed E-state index contributed by atoms with van der Waals surface area (Å²) in [5, 5.41) is 13.0. The second kappa shape index (κ2) is 4.89. The predicted octanol–water partition coefficient (Wildman–Crippen LogP) is 1.58. The van der Waals surface area contributed by atoms with Crippen LogP contribution in [0, 0.1) is 0 Å². The summed E-state index contributed by atoms with van der Waals surface area (Å²) < 4.78 is 5.40. The normalized spacial score (nSPS) is 11.1. The lowest BCUT2D eigenvalue weighted by atomic mass is 10.1. The molecule has 0 fully saturated rings. The Kier molecular flexibility index (Phi) is 3.05. The third-order valence-corrected chi connectivity index (χ3v) is 3.06. The number of hydrogen-bond donors (Lipinski definition) is 2. The van der Waals surface area contributed by atoms with E-state index in [1.54, 1.807) is 6.07 Å². The summed E-state index contributed by atoms with van der Waals surface area (Å²) in [6.07, 6.45) is 0.359. The van der Waals surface area contributed by atoms with E-state index >= 15 is 0 Å². The maximum absolute atomic E-state index is 11.9. The lowest BCUT2D eigenvalue weighted by Gasteiger charge is -2.02. The molecule has 2 heterocycles. The topological polar surface area (TPSA) is 110 Å². The highest BCUT2D eigenvalue weighted by molar-refractivity contribution is 5.91. The van der Waals surface area contributed by atoms with Crippen LogP contribution in [-0.4, -0.2) is 30.8 Å². The van der Waals surface area contributed by atoms with Crippen LogP contribution in [0.1, 0.15) is 18.9 Å². The summed E-state index contributed by atoms with van der Waals surface area (Å²) in [5.74, 6) is 0. The van der Waals surface area contributed by atoms with E-state index < -0.39 is 11.8 Å². The molecule has 0 spiro atoms. The zero-order valence-electron chi connectivity index (χ0n) is 11.2. The summed E-state index contributed by atoms with van der Waals surface area (Å²) in [7, 11) is 0. The van der Waals surface area contributed by atoms with Crippen molar-refractivity contribution in [1.29, 1.82) is 0 Å². The third-order valence-electron chi connectivity index (χ3n) is 3.06.